The average molecular weight is 282 g/mol. The van der Waals surface area contributed by atoms with Crippen molar-refractivity contribution in [1.29, 1.82) is 0 Å². The third-order valence-corrected chi connectivity index (χ3v) is 3.13. The van der Waals surface area contributed by atoms with E-state index >= 15 is 0 Å². The van der Waals surface area contributed by atoms with Gasteiger partial charge in [0, 0.05) is 4.90 Å². The predicted octanol–water partition coefficient (Wildman–Crippen LogP) is 3.43. The third kappa shape index (κ3) is 5.79. The Hall–Kier alpha value is -1.49. The van der Waals surface area contributed by atoms with Crippen LogP contribution in [-0.2, 0) is 20.7 Å². The lowest BCUT2D eigenvalue weighted by atomic mass is 10.1. The summed E-state index contributed by atoms with van der Waals surface area (Å²) in [6, 6.07) is 7.26. The highest BCUT2D eigenvalue weighted by Crippen LogP contribution is 2.25. The van der Waals surface area contributed by atoms with E-state index in [0.717, 1.165) is 28.6 Å². The average Bonchev–Trinajstić information content (AvgIpc) is 2.39. The van der Waals surface area contributed by atoms with E-state index in [1.165, 1.54) is 0 Å². The van der Waals surface area contributed by atoms with Gasteiger partial charge in [-0.25, -0.2) is 4.79 Å². The van der Waals surface area contributed by atoms with Gasteiger partial charge in [0.1, 0.15) is 0 Å². The minimum absolute atomic E-state index is 0.165. The fraction of sp³-hybridized carbons (Fsp3) is 0.429. The smallest absolute Gasteiger partial charge is 0.372 e. The molecule has 0 aliphatic rings. The summed E-state index contributed by atoms with van der Waals surface area (Å²) in [5.74, 6) is -0.294. The van der Waals surface area contributed by atoms with Crippen LogP contribution in [0.3, 0.4) is 0 Å². The van der Waals surface area contributed by atoms with E-state index in [1.807, 2.05) is 25.1 Å². The van der Waals surface area contributed by atoms with Gasteiger partial charge >= 0.3 is 11.3 Å². The van der Waals surface area contributed by atoms with Crippen LogP contribution >= 0.6 is 11.8 Å². The summed E-state index contributed by atoms with van der Waals surface area (Å²) in [5, 5.41) is -0.349. The molecule has 1 aromatic carbocycles. The van der Waals surface area contributed by atoms with E-state index in [-0.39, 0.29) is 17.7 Å². The molecule has 104 valence electrons. The molecule has 1 rings (SSSR count). The topological polar surface area (TPSA) is 52.6 Å². The Balaban J connectivity index is 2.67. The predicted molar refractivity (Wildman–Crippen MR) is 74.3 cm³/mol. The molecule has 0 fully saturated rings. The van der Waals surface area contributed by atoms with Crippen LogP contribution in [0.25, 0.3) is 0 Å². The van der Waals surface area contributed by atoms with Crippen LogP contribution in [0.5, 0.6) is 0 Å². The van der Waals surface area contributed by atoms with Gasteiger partial charge in [0.05, 0.1) is 19.6 Å². The summed E-state index contributed by atoms with van der Waals surface area (Å²) in [5.41, 5.74) is 0.777. The number of hydrogen-bond acceptors (Lipinski definition) is 5. The van der Waals surface area contributed by atoms with Gasteiger partial charge in [-0.15, -0.1) is 0 Å². The molecule has 0 N–H and O–H groups in total. The van der Waals surface area contributed by atoms with Crippen molar-refractivity contribution in [3.05, 3.63) is 29.8 Å². The first-order chi connectivity index (χ1) is 9.17. The Labute approximate surface area is 117 Å². The Bertz CT molecular complexity index is 431. The number of esters is 1. The van der Waals surface area contributed by atoms with E-state index in [1.54, 1.807) is 13.0 Å². The molecule has 0 bridgehead atoms. The number of carbonyl (C=O) groups is 2. The lowest BCUT2D eigenvalue weighted by Gasteiger charge is -2.08. The molecule has 0 amide bonds. The fourth-order valence-corrected chi connectivity index (χ4v) is 2.16. The maximum atomic E-state index is 11.6. The first-order valence-electron chi connectivity index (χ1n) is 6.25. The highest BCUT2D eigenvalue weighted by Gasteiger charge is 2.12. The van der Waals surface area contributed by atoms with Gasteiger partial charge in [0.25, 0.3) is 0 Å². The fourth-order valence-electron chi connectivity index (χ4n) is 1.42. The van der Waals surface area contributed by atoms with E-state index in [4.69, 9.17) is 9.47 Å². The molecule has 19 heavy (non-hydrogen) atoms. The number of benzene rings is 1. The van der Waals surface area contributed by atoms with Gasteiger partial charge < -0.3 is 9.47 Å². The molecule has 1 aromatic rings. The second-order valence-corrected chi connectivity index (χ2v) is 4.77. The Morgan fingerprint density at radius 2 is 1.89 bits per heavy atom. The highest BCUT2D eigenvalue weighted by atomic mass is 32.2. The highest BCUT2D eigenvalue weighted by molar-refractivity contribution is 8.13. The molecule has 0 aromatic heterocycles. The van der Waals surface area contributed by atoms with Crippen LogP contribution in [0.2, 0.25) is 0 Å². The summed E-state index contributed by atoms with van der Waals surface area (Å²) in [6.07, 6.45) is 0.953. The van der Waals surface area contributed by atoms with Crippen LogP contribution in [0, 0.1) is 0 Å². The number of hydrogen-bond donors (Lipinski definition) is 0. The van der Waals surface area contributed by atoms with Crippen molar-refractivity contribution >= 4 is 23.0 Å². The van der Waals surface area contributed by atoms with Crippen molar-refractivity contribution in [2.24, 2.45) is 0 Å². The second-order valence-electron chi connectivity index (χ2n) is 3.79. The van der Waals surface area contributed by atoms with Crippen LogP contribution in [0.1, 0.15) is 25.8 Å². The van der Waals surface area contributed by atoms with Gasteiger partial charge in [0.15, 0.2) is 0 Å². The molecule has 0 aliphatic heterocycles. The van der Waals surface area contributed by atoms with Crippen LogP contribution in [-0.4, -0.2) is 24.5 Å². The molecule has 0 unspecified atom stereocenters. The standard InChI is InChI=1S/C14H18O4S/c1-3-9-18-14(16)19-12-8-6-5-7-11(12)10-13(15)17-4-2/h5-8H,3-4,9-10H2,1-2H3. The van der Waals surface area contributed by atoms with Crippen LogP contribution < -0.4 is 0 Å². The number of rotatable bonds is 6. The monoisotopic (exact) mass is 282 g/mol. The SMILES string of the molecule is CCCOC(=O)Sc1ccccc1CC(=O)OCC. The minimum atomic E-state index is -0.349. The van der Waals surface area contributed by atoms with Crippen molar-refractivity contribution in [3.8, 4) is 0 Å². The van der Waals surface area contributed by atoms with Crippen molar-refractivity contribution < 1.29 is 19.1 Å². The van der Waals surface area contributed by atoms with Crippen molar-refractivity contribution in [1.82, 2.24) is 0 Å². The van der Waals surface area contributed by atoms with Crippen molar-refractivity contribution in [2.75, 3.05) is 13.2 Å². The minimum Gasteiger partial charge on any atom is -0.466 e. The zero-order chi connectivity index (χ0) is 14.1. The van der Waals surface area contributed by atoms with Crippen molar-refractivity contribution in [3.63, 3.8) is 0 Å². The molecule has 0 spiro atoms. The van der Waals surface area contributed by atoms with E-state index in [9.17, 15) is 9.59 Å². The molecule has 5 heteroatoms. The molecule has 0 atom stereocenters. The van der Waals surface area contributed by atoms with Gasteiger partial charge in [-0.1, -0.05) is 25.1 Å². The molecule has 0 radical (unpaired) electrons. The molecule has 0 saturated carbocycles. The molecule has 0 heterocycles. The summed E-state index contributed by atoms with van der Waals surface area (Å²) in [4.78, 5) is 23.8. The van der Waals surface area contributed by atoms with Gasteiger partial charge in [-0.3, -0.25) is 4.79 Å². The van der Waals surface area contributed by atoms with E-state index in [0.29, 0.717) is 13.2 Å². The maximum absolute atomic E-state index is 11.6. The van der Waals surface area contributed by atoms with Crippen molar-refractivity contribution in [2.45, 2.75) is 31.6 Å². The van der Waals surface area contributed by atoms with Gasteiger partial charge in [0.2, 0.25) is 0 Å². The largest absolute Gasteiger partial charge is 0.466 e. The number of carbonyl (C=O) groups excluding carboxylic acids is 2. The first kappa shape index (κ1) is 15.6. The van der Waals surface area contributed by atoms with Gasteiger partial charge in [-0.2, -0.15) is 0 Å². The van der Waals surface area contributed by atoms with Gasteiger partial charge in [-0.05, 0) is 36.7 Å². The number of ether oxygens (including phenoxy) is 2. The zero-order valence-electron chi connectivity index (χ0n) is 11.2. The quantitative estimate of drug-likeness (QED) is 0.591. The number of thioether (sulfide) groups is 1. The van der Waals surface area contributed by atoms with E-state index < -0.39 is 0 Å². The Kier molecular flexibility index (Phi) is 7.03. The maximum Gasteiger partial charge on any atom is 0.372 e. The van der Waals surface area contributed by atoms with Crippen LogP contribution in [0.4, 0.5) is 4.79 Å². The Morgan fingerprint density at radius 1 is 1.16 bits per heavy atom. The zero-order valence-corrected chi connectivity index (χ0v) is 12.0. The molecule has 4 nitrogen and oxygen atoms in total. The summed E-state index contributed by atoms with van der Waals surface area (Å²) < 4.78 is 9.92. The second kappa shape index (κ2) is 8.58. The lowest BCUT2D eigenvalue weighted by Crippen LogP contribution is -2.08. The normalized spacial score (nSPS) is 10.0. The summed E-state index contributed by atoms with van der Waals surface area (Å²) in [6.45, 7) is 4.46. The molecular formula is C14H18O4S. The lowest BCUT2D eigenvalue weighted by molar-refractivity contribution is -0.142. The third-order valence-electron chi connectivity index (χ3n) is 2.23. The summed E-state index contributed by atoms with van der Waals surface area (Å²) in [7, 11) is 0. The van der Waals surface area contributed by atoms with Crippen LogP contribution in [0.15, 0.2) is 29.2 Å². The Morgan fingerprint density at radius 3 is 2.58 bits per heavy atom. The molecule has 0 saturated heterocycles. The summed E-state index contributed by atoms with van der Waals surface area (Å²) >= 11 is 1.00. The molecular weight excluding hydrogens is 264 g/mol. The molecule has 0 aliphatic carbocycles. The van der Waals surface area contributed by atoms with E-state index in [2.05, 4.69) is 0 Å². The first-order valence-corrected chi connectivity index (χ1v) is 7.07.